The average molecular weight is 779 g/mol. The fourth-order valence-corrected chi connectivity index (χ4v) is 7.10. The number of likely N-dealkylation sites (tertiary alicyclic amines) is 1. The van der Waals surface area contributed by atoms with Crippen molar-refractivity contribution in [2.24, 2.45) is 11.7 Å². The van der Waals surface area contributed by atoms with E-state index < -0.39 is 36.1 Å². The summed E-state index contributed by atoms with van der Waals surface area (Å²) in [6, 6.07) is 31.4. The molecule has 3 N–H and O–H groups in total. The summed E-state index contributed by atoms with van der Waals surface area (Å²) in [4.78, 5) is 62.1. The van der Waals surface area contributed by atoms with Crippen molar-refractivity contribution in [1.29, 1.82) is 0 Å². The number of nitrogens with two attached hydrogens (primary N) is 1. The van der Waals surface area contributed by atoms with E-state index in [1.165, 1.54) is 4.90 Å². The predicted octanol–water partition coefficient (Wildman–Crippen LogP) is 7.48. The molecule has 4 aromatic carbocycles. The Kier molecular flexibility index (Phi) is 14.4. The highest BCUT2D eigenvalue weighted by Crippen LogP contribution is 2.29. The number of carbonyl (C=O) groups excluding carboxylic acids is 4. The highest BCUT2D eigenvalue weighted by molar-refractivity contribution is 6.30. The van der Waals surface area contributed by atoms with E-state index in [1.54, 1.807) is 30.3 Å². The van der Waals surface area contributed by atoms with Gasteiger partial charge in [-0.1, -0.05) is 103 Å². The van der Waals surface area contributed by atoms with E-state index in [1.807, 2.05) is 78.9 Å². The van der Waals surface area contributed by atoms with Crippen LogP contribution in [0.2, 0.25) is 5.02 Å². The molecule has 6 rings (SSSR count). The van der Waals surface area contributed by atoms with Crippen LogP contribution in [0.5, 0.6) is 0 Å². The first-order chi connectivity index (χ1) is 27.3. The first-order valence-corrected chi connectivity index (χ1v) is 19.5. The van der Waals surface area contributed by atoms with Crippen LogP contribution in [-0.4, -0.2) is 64.7 Å². The number of rotatable bonds is 19. The number of aromatic nitrogens is 1. The second kappa shape index (κ2) is 20.0. The van der Waals surface area contributed by atoms with E-state index >= 15 is 0 Å². The van der Waals surface area contributed by atoms with E-state index in [0.717, 1.165) is 16.7 Å². The van der Waals surface area contributed by atoms with Gasteiger partial charge in [0.1, 0.15) is 18.2 Å². The third-order valence-electron chi connectivity index (χ3n) is 10.0. The number of amides is 2. The number of ether oxygens (including phenoxy) is 2. The molecule has 1 aliphatic heterocycles. The molecule has 4 atom stereocenters. The monoisotopic (exact) mass is 778 g/mol. The van der Waals surface area contributed by atoms with Crippen LogP contribution in [0.15, 0.2) is 114 Å². The number of unbranched alkanes of at least 4 members (excludes halogenated alkanes) is 1. The summed E-state index contributed by atoms with van der Waals surface area (Å²) in [5, 5.41) is 3.39. The van der Waals surface area contributed by atoms with E-state index in [-0.39, 0.29) is 56.5 Å². The van der Waals surface area contributed by atoms with Crippen molar-refractivity contribution in [2.75, 3.05) is 13.1 Å². The molecule has 1 aliphatic rings. The lowest BCUT2D eigenvalue weighted by Gasteiger charge is -2.29. The number of para-hydroxylation sites is 2. The van der Waals surface area contributed by atoms with Gasteiger partial charge in [0.05, 0.1) is 18.8 Å². The molecule has 0 unspecified atom stereocenters. The van der Waals surface area contributed by atoms with Gasteiger partial charge in [-0.2, -0.15) is 0 Å². The van der Waals surface area contributed by atoms with Crippen molar-refractivity contribution >= 4 is 46.3 Å². The maximum absolute atomic E-state index is 14.6. The fourth-order valence-electron chi connectivity index (χ4n) is 6.97. The molecule has 1 fully saturated rings. The zero-order chi connectivity index (χ0) is 39.3. The number of benzene rings is 4. The Labute approximate surface area is 331 Å². The van der Waals surface area contributed by atoms with Crippen LogP contribution in [0.4, 0.5) is 4.79 Å². The van der Waals surface area contributed by atoms with Gasteiger partial charge in [-0.05, 0) is 73.2 Å². The third kappa shape index (κ3) is 11.1. The zero-order valence-electron chi connectivity index (χ0n) is 31.2. The van der Waals surface area contributed by atoms with Crippen molar-refractivity contribution in [2.45, 2.75) is 76.3 Å². The molecular weight excluding hydrogens is 732 g/mol. The van der Waals surface area contributed by atoms with Gasteiger partial charge in [0.2, 0.25) is 11.7 Å². The molecule has 0 spiro atoms. The summed E-state index contributed by atoms with van der Waals surface area (Å²) in [5.41, 5.74) is 9.48. The van der Waals surface area contributed by atoms with Gasteiger partial charge in [0.25, 0.3) is 5.89 Å². The number of hydrogen-bond donors (Lipinski definition) is 2. The van der Waals surface area contributed by atoms with Crippen molar-refractivity contribution < 1.29 is 33.1 Å². The standard InChI is InChI=1S/C44H47ClN4O7/c45-34-21-18-32(19-22-34)28-54-35-26-38(39(50)25-33(15-9-10-24-46)41(51)42-47-36-16-7-8-17-40(36)56-42)49(27-35)43(52)37(23-20-30-11-3-1-4-12-30)48-44(53)55-29-31-13-5-2-6-14-31/h1-8,11-14,16-19,21-22,33,35,37-38H,9-10,15,20,23-29,46H2,(H,48,53)/t33-,35-,37-,38+/m1/s1. The second-order valence-corrected chi connectivity index (χ2v) is 14.5. The molecule has 11 nitrogen and oxygen atoms in total. The second-order valence-electron chi connectivity index (χ2n) is 14.1. The van der Waals surface area contributed by atoms with Gasteiger partial charge in [-0.15, -0.1) is 0 Å². The average Bonchev–Trinajstić information content (AvgIpc) is 3.87. The van der Waals surface area contributed by atoms with Crippen molar-refractivity contribution in [1.82, 2.24) is 15.2 Å². The number of nitrogens with one attached hydrogen (secondary N) is 1. The van der Waals surface area contributed by atoms with Crippen LogP contribution in [0, 0.1) is 5.92 Å². The Hall–Kier alpha value is -5.36. The topological polar surface area (TPSA) is 154 Å². The molecule has 0 bridgehead atoms. The maximum Gasteiger partial charge on any atom is 0.408 e. The van der Waals surface area contributed by atoms with Crippen LogP contribution in [0.25, 0.3) is 11.1 Å². The van der Waals surface area contributed by atoms with Gasteiger partial charge >= 0.3 is 6.09 Å². The predicted molar refractivity (Wildman–Crippen MR) is 213 cm³/mol. The number of halogens is 1. The number of nitrogens with zero attached hydrogens (tertiary/aromatic N) is 2. The van der Waals surface area contributed by atoms with Gasteiger partial charge in [-0.25, -0.2) is 9.78 Å². The van der Waals surface area contributed by atoms with Gasteiger partial charge in [0.15, 0.2) is 11.4 Å². The van der Waals surface area contributed by atoms with E-state index in [2.05, 4.69) is 10.3 Å². The number of Topliss-reactive ketones (excluding diaryl/α,β-unsaturated/α-hetero) is 2. The normalized spacial score (nSPS) is 16.4. The number of aryl methyl sites for hydroxylation is 1. The Morgan fingerprint density at radius 1 is 0.839 bits per heavy atom. The minimum absolute atomic E-state index is 0.0252. The first-order valence-electron chi connectivity index (χ1n) is 19.1. The molecule has 1 saturated heterocycles. The Morgan fingerprint density at radius 3 is 2.23 bits per heavy atom. The molecule has 5 aromatic rings. The number of hydrogen-bond acceptors (Lipinski definition) is 9. The molecule has 56 heavy (non-hydrogen) atoms. The number of carbonyl (C=O) groups is 4. The molecule has 2 amide bonds. The molecule has 12 heteroatoms. The van der Waals surface area contributed by atoms with Gasteiger partial charge < -0.3 is 29.8 Å². The molecule has 0 radical (unpaired) electrons. The minimum Gasteiger partial charge on any atom is -0.445 e. The van der Waals surface area contributed by atoms with Gasteiger partial charge in [0, 0.05) is 30.3 Å². The minimum atomic E-state index is -1.01. The highest BCUT2D eigenvalue weighted by Gasteiger charge is 2.43. The van der Waals surface area contributed by atoms with Crippen molar-refractivity contribution in [3.05, 3.63) is 137 Å². The Balaban J connectivity index is 1.23. The maximum atomic E-state index is 14.6. The number of alkyl carbamates (subject to hydrolysis) is 1. The molecule has 2 heterocycles. The third-order valence-corrected chi connectivity index (χ3v) is 10.3. The number of ketones is 2. The summed E-state index contributed by atoms with van der Waals surface area (Å²) < 4.78 is 17.6. The van der Waals surface area contributed by atoms with E-state index in [0.29, 0.717) is 48.4 Å². The van der Waals surface area contributed by atoms with E-state index in [9.17, 15) is 19.2 Å². The van der Waals surface area contributed by atoms with Gasteiger partial charge in [-0.3, -0.25) is 14.4 Å². The lowest BCUT2D eigenvalue weighted by Crippen LogP contribution is -2.52. The Morgan fingerprint density at radius 2 is 1.52 bits per heavy atom. The number of fused-ring (bicyclic) bond motifs is 1. The lowest BCUT2D eigenvalue weighted by atomic mass is 9.89. The Bertz CT molecular complexity index is 2030. The lowest BCUT2D eigenvalue weighted by molar-refractivity contribution is -0.139. The molecule has 292 valence electrons. The van der Waals surface area contributed by atoms with Crippen LogP contribution in [-0.2, 0) is 38.7 Å². The fraction of sp³-hybridized carbons (Fsp3) is 0.341. The van der Waals surface area contributed by atoms with Crippen LogP contribution >= 0.6 is 11.6 Å². The first kappa shape index (κ1) is 40.3. The van der Waals surface area contributed by atoms with Crippen molar-refractivity contribution in [3.63, 3.8) is 0 Å². The smallest absolute Gasteiger partial charge is 0.408 e. The summed E-state index contributed by atoms with van der Waals surface area (Å²) in [5.74, 6) is -1.89. The summed E-state index contributed by atoms with van der Waals surface area (Å²) in [6.07, 6.45) is 1.28. The molecular formula is C44H47ClN4O7. The molecule has 0 saturated carbocycles. The van der Waals surface area contributed by atoms with Crippen LogP contribution < -0.4 is 11.1 Å². The number of oxazole rings is 1. The van der Waals surface area contributed by atoms with Crippen LogP contribution in [0.3, 0.4) is 0 Å². The molecule has 1 aromatic heterocycles. The molecule has 0 aliphatic carbocycles. The van der Waals surface area contributed by atoms with Crippen molar-refractivity contribution in [3.8, 4) is 0 Å². The largest absolute Gasteiger partial charge is 0.445 e. The summed E-state index contributed by atoms with van der Waals surface area (Å²) in [6.45, 7) is 0.824. The van der Waals surface area contributed by atoms with E-state index in [4.69, 9.17) is 31.2 Å². The highest BCUT2D eigenvalue weighted by atomic mass is 35.5. The summed E-state index contributed by atoms with van der Waals surface area (Å²) >= 11 is 6.09. The summed E-state index contributed by atoms with van der Waals surface area (Å²) in [7, 11) is 0. The van der Waals surface area contributed by atoms with Crippen LogP contribution in [0.1, 0.15) is 65.9 Å². The quantitative estimate of drug-likeness (QED) is 0.0642. The zero-order valence-corrected chi connectivity index (χ0v) is 31.9. The SMILES string of the molecule is NCCCC[C@H](CC(=O)[C@@H]1C[C@@H](OCc2ccc(Cl)cc2)CN1C(=O)[C@@H](CCc1ccccc1)NC(=O)OCc1ccccc1)C(=O)c1nc2ccccc2o1.